The maximum absolute atomic E-state index is 11.4. The molecule has 0 unspecified atom stereocenters. The minimum Gasteiger partial charge on any atom is -0.547 e. The molecule has 0 aromatic rings. The molecular formula is C28H34O22Pt. The maximum atomic E-state index is 11.4. The summed E-state index contributed by atoms with van der Waals surface area (Å²) < 4.78 is 49.2. The van der Waals surface area contributed by atoms with Crippen LogP contribution in [-0.2, 0) is 116 Å². The standard InChI is InChI=1S/2C14H18O11.Pt/c2*1-5(15)21-9-10(22-6(2)16)12(23-7(3)17)14(24-8(4)18)25-11(9)13(19)20;/h2*9-12,14H,1-4H3,(H,19,20);/q;;+2/p-2/t2*9-,10-,11-,12+,14+;/m00./s1. The van der Waals surface area contributed by atoms with Crippen LogP contribution in [0.25, 0.3) is 0 Å². The third kappa shape index (κ3) is 15.0. The fourth-order valence-corrected chi connectivity index (χ4v) is 4.44. The first kappa shape index (κ1) is 46.3. The van der Waals surface area contributed by atoms with E-state index in [0.29, 0.717) is 0 Å². The van der Waals surface area contributed by atoms with E-state index in [9.17, 15) is 58.2 Å². The number of carbonyl (C=O) groups is 10. The number of carboxylic acids is 2. The first-order chi connectivity index (χ1) is 23.0. The quantitative estimate of drug-likeness (QED) is 0.148. The van der Waals surface area contributed by atoms with E-state index in [4.69, 9.17) is 47.4 Å². The van der Waals surface area contributed by atoms with Gasteiger partial charge in [-0.25, -0.2) is 0 Å². The van der Waals surface area contributed by atoms with E-state index in [-0.39, 0.29) is 21.1 Å². The van der Waals surface area contributed by atoms with Gasteiger partial charge in [-0.1, -0.05) is 0 Å². The van der Waals surface area contributed by atoms with Crippen LogP contribution >= 0.6 is 0 Å². The largest absolute Gasteiger partial charge is 2.00 e. The summed E-state index contributed by atoms with van der Waals surface area (Å²) >= 11 is 0. The molecule has 0 aromatic carbocycles. The molecule has 2 rings (SSSR count). The Kier molecular flexibility index (Phi) is 18.9. The SMILES string of the molecule is CC(=O)O[C@@H]1O[C@H](C(=O)[O-])[C@@H](OC(C)=O)[C@H](OC(C)=O)[C@H]1OC(C)=O.CC(=O)O[C@@H]1O[C@H](C(=O)[O-])[C@@H](OC(C)=O)[C@H](OC(C)=O)[C@H]1OC(C)=O.[Pt+2]. The Bertz CT molecular complexity index is 1250. The van der Waals surface area contributed by atoms with Crippen molar-refractivity contribution in [1.29, 1.82) is 0 Å². The van der Waals surface area contributed by atoms with Gasteiger partial charge >= 0.3 is 68.8 Å². The summed E-state index contributed by atoms with van der Waals surface area (Å²) in [5.41, 5.74) is 0. The Morgan fingerprint density at radius 3 is 0.745 bits per heavy atom. The van der Waals surface area contributed by atoms with Gasteiger partial charge < -0.3 is 67.2 Å². The van der Waals surface area contributed by atoms with E-state index in [1.165, 1.54) is 0 Å². The third-order valence-corrected chi connectivity index (χ3v) is 5.83. The van der Waals surface area contributed by atoms with Crippen molar-refractivity contribution in [2.24, 2.45) is 0 Å². The second kappa shape index (κ2) is 20.9. The number of hydrogen-bond acceptors (Lipinski definition) is 22. The molecule has 2 aliphatic rings. The zero-order valence-electron chi connectivity index (χ0n) is 28.1. The van der Waals surface area contributed by atoms with E-state index < -0.39 is 121 Å². The van der Waals surface area contributed by atoms with Gasteiger partial charge in [0.2, 0.25) is 24.8 Å². The molecule has 51 heavy (non-hydrogen) atoms. The average Bonchev–Trinajstić information content (AvgIpc) is 2.92. The number of aliphatic carboxylic acids is 2. The van der Waals surface area contributed by atoms with Crippen LogP contribution in [0.15, 0.2) is 0 Å². The molecule has 2 heterocycles. The molecule has 2 fully saturated rings. The van der Waals surface area contributed by atoms with Crippen molar-refractivity contribution >= 4 is 59.7 Å². The first-order valence-electron chi connectivity index (χ1n) is 14.2. The van der Waals surface area contributed by atoms with Crippen molar-refractivity contribution in [2.75, 3.05) is 0 Å². The minimum atomic E-state index is -1.94. The number of ether oxygens (including phenoxy) is 10. The van der Waals surface area contributed by atoms with Crippen molar-refractivity contribution in [3.05, 3.63) is 0 Å². The Morgan fingerprint density at radius 2 is 0.549 bits per heavy atom. The van der Waals surface area contributed by atoms with Crippen LogP contribution in [0, 0.1) is 0 Å². The molecule has 0 N–H and O–H groups in total. The van der Waals surface area contributed by atoms with E-state index >= 15 is 0 Å². The van der Waals surface area contributed by atoms with Crippen LogP contribution in [0.5, 0.6) is 0 Å². The molecule has 0 aliphatic carbocycles. The number of rotatable bonds is 10. The van der Waals surface area contributed by atoms with Crippen molar-refractivity contribution in [1.82, 2.24) is 0 Å². The molecule has 0 bridgehead atoms. The van der Waals surface area contributed by atoms with Crippen LogP contribution in [0.3, 0.4) is 0 Å². The number of carboxylic acid groups (broad SMARTS) is 2. The second-order valence-corrected chi connectivity index (χ2v) is 10.2. The fourth-order valence-electron chi connectivity index (χ4n) is 4.44. The molecule has 10 atom stereocenters. The summed E-state index contributed by atoms with van der Waals surface area (Å²) in [4.78, 5) is 113. The van der Waals surface area contributed by atoms with E-state index in [1.807, 2.05) is 0 Å². The fraction of sp³-hybridized carbons (Fsp3) is 0.643. The number of hydrogen-bond donors (Lipinski definition) is 0. The van der Waals surface area contributed by atoms with Crippen molar-refractivity contribution in [3.8, 4) is 0 Å². The van der Waals surface area contributed by atoms with Gasteiger partial charge in [0.15, 0.2) is 24.4 Å². The summed E-state index contributed by atoms with van der Waals surface area (Å²) in [5, 5.41) is 22.6. The van der Waals surface area contributed by atoms with Crippen LogP contribution < -0.4 is 10.2 Å². The van der Waals surface area contributed by atoms with Gasteiger partial charge in [0.05, 0.1) is 11.9 Å². The summed E-state index contributed by atoms with van der Waals surface area (Å²) in [5.74, 6) is -10.7. The smallest absolute Gasteiger partial charge is 0.547 e. The summed E-state index contributed by atoms with van der Waals surface area (Å²) in [6.07, 6.45) is -17.0. The molecule has 0 radical (unpaired) electrons. The van der Waals surface area contributed by atoms with E-state index in [2.05, 4.69) is 0 Å². The van der Waals surface area contributed by atoms with Gasteiger partial charge in [-0.15, -0.1) is 0 Å². The topological polar surface area (TPSA) is 309 Å². The molecule has 23 heteroatoms. The van der Waals surface area contributed by atoms with Crippen LogP contribution in [0.2, 0.25) is 0 Å². The molecule has 0 amide bonds. The van der Waals surface area contributed by atoms with Crippen molar-refractivity contribution in [2.45, 2.75) is 117 Å². The van der Waals surface area contributed by atoms with Crippen LogP contribution in [-0.4, -0.2) is 121 Å². The molecule has 2 saturated heterocycles. The Balaban J connectivity index is 0.000000962. The van der Waals surface area contributed by atoms with Crippen molar-refractivity contribution in [3.63, 3.8) is 0 Å². The van der Waals surface area contributed by atoms with Gasteiger partial charge in [0, 0.05) is 55.4 Å². The monoisotopic (exact) mass is 917 g/mol. The van der Waals surface area contributed by atoms with E-state index in [1.54, 1.807) is 0 Å². The van der Waals surface area contributed by atoms with Gasteiger partial charge in [-0.2, -0.15) is 0 Å². The predicted octanol–water partition coefficient (Wildman–Crippen LogP) is -4.36. The average molecular weight is 918 g/mol. The van der Waals surface area contributed by atoms with Gasteiger partial charge in [0.1, 0.15) is 12.2 Å². The normalized spacial score (nSPS) is 27.8. The Labute approximate surface area is 302 Å². The number of carbonyl (C=O) groups excluding carboxylic acids is 10. The Hall–Kier alpha value is -4.69. The summed E-state index contributed by atoms with van der Waals surface area (Å²) in [6.45, 7) is 8.00. The number of esters is 8. The Morgan fingerprint density at radius 1 is 0.353 bits per heavy atom. The van der Waals surface area contributed by atoms with E-state index in [0.717, 1.165) is 55.4 Å². The molecule has 0 spiro atoms. The molecule has 2 aliphatic heterocycles. The molecule has 0 saturated carbocycles. The van der Waals surface area contributed by atoms with Crippen LogP contribution in [0.1, 0.15) is 55.4 Å². The molecule has 22 nitrogen and oxygen atoms in total. The van der Waals surface area contributed by atoms with Gasteiger partial charge in [-0.3, -0.25) is 38.4 Å². The minimum absolute atomic E-state index is 0. The predicted molar refractivity (Wildman–Crippen MR) is 144 cm³/mol. The van der Waals surface area contributed by atoms with Crippen molar-refractivity contribution < 1.29 is 127 Å². The third-order valence-electron chi connectivity index (χ3n) is 5.83. The van der Waals surface area contributed by atoms with Gasteiger partial charge in [-0.05, 0) is 0 Å². The van der Waals surface area contributed by atoms with Gasteiger partial charge in [0.25, 0.3) is 0 Å². The van der Waals surface area contributed by atoms with Crippen LogP contribution in [0.4, 0.5) is 0 Å². The molecular weight excluding hydrogens is 883 g/mol. The second-order valence-electron chi connectivity index (χ2n) is 10.2. The summed E-state index contributed by atoms with van der Waals surface area (Å²) in [6, 6.07) is 0. The first-order valence-corrected chi connectivity index (χ1v) is 14.2. The zero-order valence-corrected chi connectivity index (χ0v) is 30.3. The zero-order chi connectivity index (χ0) is 38.6. The molecule has 0 aromatic heterocycles. The molecule has 288 valence electrons. The maximum Gasteiger partial charge on any atom is 2.00 e. The summed E-state index contributed by atoms with van der Waals surface area (Å²) in [7, 11) is 0.